The van der Waals surface area contributed by atoms with E-state index in [1.54, 1.807) is 14.2 Å². The van der Waals surface area contributed by atoms with Crippen LogP contribution < -0.4 is 20.1 Å². The van der Waals surface area contributed by atoms with Crippen molar-refractivity contribution in [2.24, 2.45) is 10.9 Å². The summed E-state index contributed by atoms with van der Waals surface area (Å²) in [6.07, 6.45) is 0.00780. The number of nitrogens with one attached hydrogen (secondary N) is 2. The first-order valence-corrected chi connectivity index (χ1v) is 10.2. The molecule has 7 nitrogen and oxygen atoms in total. The maximum atomic E-state index is 5.95. The van der Waals surface area contributed by atoms with E-state index < -0.39 is 0 Å². The summed E-state index contributed by atoms with van der Waals surface area (Å²) in [5.41, 5.74) is 0. The van der Waals surface area contributed by atoms with Crippen LogP contribution in [-0.4, -0.2) is 88.9 Å². The molecule has 1 aliphatic rings. The van der Waals surface area contributed by atoms with Crippen molar-refractivity contribution in [2.45, 2.75) is 20.0 Å². The number of rotatable bonds is 9. The van der Waals surface area contributed by atoms with Gasteiger partial charge in [0.2, 0.25) is 0 Å². The molecule has 29 heavy (non-hydrogen) atoms. The van der Waals surface area contributed by atoms with Gasteiger partial charge in [0.1, 0.15) is 17.6 Å². The van der Waals surface area contributed by atoms with Gasteiger partial charge >= 0.3 is 0 Å². The van der Waals surface area contributed by atoms with E-state index in [4.69, 9.17) is 9.47 Å². The lowest BCUT2D eigenvalue weighted by atomic mass is 10.1. The number of likely N-dealkylation sites (N-methyl/N-ethyl adjacent to an activating group) is 1. The summed E-state index contributed by atoms with van der Waals surface area (Å²) in [5, 5.41) is 6.78. The van der Waals surface area contributed by atoms with Crippen molar-refractivity contribution in [3.05, 3.63) is 24.3 Å². The zero-order valence-electron chi connectivity index (χ0n) is 18.5. The molecule has 0 spiro atoms. The Labute approximate surface area is 193 Å². The molecule has 1 aromatic carbocycles. The topological polar surface area (TPSA) is 61.4 Å². The molecule has 2 unspecified atom stereocenters. The van der Waals surface area contributed by atoms with E-state index in [1.165, 1.54) is 0 Å². The second-order valence-electron chi connectivity index (χ2n) is 7.65. The van der Waals surface area contributed by atoms with Gasteiger partial charge in [0.25, 0.3) is 0 Å². The fraction of sp³-hybridized carbons (Fsp3) is 0.667. The summed E-state index contributed by atoms with van der Waals surface area (Å²) in [4.78, 5) is 9.26. The summed E-state index contributed by atoms with van der Waals surface area (Å²) >= 11 is 0. The van der Waals surface area contributed by atoms with E-state index in [2.05, 4.69) is 39.4 Å². The van der Waals surface area contributed by atoms with Gasteiger partial charge in [-0.25, -0.2) is 0 Å². The molecule has 0 amide bonds. The number of halogens is 1. The Bertz CT molecular complexity index is 608. The molecule has 2 atom stereocenters. The van der Waals surface area contributed by atoms with E-state index in [9.17, 15) is 0 Å². The van der Waals surface area contributed by atoms with Gasteiger partial charge in [-0.15, -0.1) is 24.0 Å². The summed E-state index contributed by atoms with van der Waals surface area (Å²) in [6, 6.07) is 7.66. The van der Waals surface area contributed by atoms with E-state index in [0.717, 1.165) is 56.7 Å². The molecular weight excluding hydrogens is 481 g/mol. The number of aliphatic imine (C=N–C) groups is 1. The third kappa shape index (κ3) is 9.86. The predicted octanol–water partition coefficient (Wildman–Crippen LogP) is 2.13. The number of hydrogen-bond donors (Lipinski definition) is 2. The third-order valence-electron chi connectivity index (χ3n) is 4.94. The number of nitrogens with zero attached hydrogens (tertiary/aromatic N) is 3. The monoisotopic (exact) mass is 519 g/mol. The molecule has 2 N–H and O–H groups in total. The van der Waals surface area contributed by atoms with Crippen molar-refractivity contribution in [3.8, 4) is 11.5 Å². The van der Waals surface area contributed by atoms with E-state index >= 15 is 0 Å². The highest BCUT2D eigenvalue weighted by Gasteiger charge is 2.16. The molecule has 166 valence electrons. The van der Waals surface area contributed by atoms with Gasteiger partial charge in [-0.05, 0) is 32.0 Å². The van der Waals surface area contributed by atoms with Crippen molar-refractivity contribution in [1.82, 2.24) is 20.4 Å². The first-order chi connectivity index (χ1) is 13.5. The molecule has 0 radical (unpaired) electrons. The Kier molecular flexibility index (Phi) is 12.3. The van der Waals surface area contributed by atoms with Gasteiger partial charge in [-0.2, -0.15) is 0 Å². The molecule has 0 bridgehead atoms. The SMILES string of the molecule is CN=C(NCC(C)CN1CCN(C)CC1)NCC(C)Oc1cccc(OC)c1.I. The summed E-state index contributed by atoms with van der Waals surface area (Å²) in [6.45, 7) is 11.7. The van der Waals surface area contributed by atoms with Gasteiger partial charge in [-0.1, -0.05) is 13.0 Å². The fourth-order valence-electron chi connectivity index (χ4n) is 3.22. The molecule has 0 saturated carbocycles. The molecule has 1 heterocycles. The minimum absolute atomic E-state index is 0. The molecule has 0 aromatic heterocycles. The quantitative estimate of drug-likeness (QED) is 0.296. The Morgan fingerprint density at radius 2 is 1.76 bits per heavy atom. The summed E-state index contributed by atoms with van der Waals surface area (Å²) in [5.74, 6) is 2.97. The van der Waals surface area contributed by atoms with E-state index in [-0.39, 0.29) is 30.1 Å². The molecule has 1 fully saturated rings. The van der Waals surface area contributed by atoms with Crippen LogP contribution in [0.25, 0.3) is 0 Å². The molecule has 1 aromatic rings. The van der Waals surface area contributed by atoms with Crippen LogP contribution in [0.3, 0.4) is 0 Å². The van der Waals surface area contributed by atoms with Crippen LogP contribution in [0.4, 0.5) is 0 Å². The minimum atomic E-state index is 0. The van der Waals surface area contributed by atoms with Gasteiger partial charge in [-0.3, -0.25) is 4.99 Å². The normalized spacial score (nSPS) is 17.8. The van der Waals surface area contributed by atoms with Crippen molar-refractivity contribution >= 4 is 29.9 Å². The fourth-order valence-corrected chi connectivity index (χ4v) is 3.22. The lowest BCUT2D eigenvalue weighted by Crippen LogP contribution is -2.48. The minimum Gasteiger partial charge on any atom is -0.497 e. The average Bonchev–Trinajstić information content (AvgIpc) is 2.70. The van der Waals surface area contributed by atoms with Crippen molar-refractivity contribution in [1.29, 1.82) is 0 Å². The lowest BCUT2D eigenvalue weighted by molar-refractivity contribution is 0.139. The number of piperazine rings is 1. The number of methoxy groups -OCH3 is 1. The maximum Gasteiger partial charge on any atom is 0.191 e. The predicted molar refractivity (Wildman–Crippen MR) is 131 cm³/mol. The van der Waals surface area contributed by atoms with Gasteiger partial charge in [0.05, 0.1) is 13.7 Å². The van der Waals surface area contributed by atoms with Crippen molar-refractivity contribution < 1.29 is 9.47 Å². The van der Waals surface area contributed by atoms with Crippen LogP contribution in [0, 0.1) is 5.92 Å². The summed E-state index contributed by atoms with van der Waals surface area (Å²) in [7, 11) is 5.65. The smallest absolute Gasteiger partial charge is 0.191 e. The molecule has 8 heteroatoms. The lowest BCUT2D eigenvalue weighted by Gasteiger charge is -2.34. The second-order valence-corrected chi connectivity index (χ2v) is 7.65. The van der Waals surface area contributed by atoms with Gasteiger partial charge in [0, 0.05) is 52.4 Å². The second kappa shape index (κ2) is 13.9. The van der Waals surface area contributed by atoms with Crippen molar-refractivity contribution in [3.63, 3.8) is 0 Å². The van der Waals surface area contributed by atoms with Crippen LogP contribution in [-0.2, 0) is 0 Å². The Morgan fingerprint density at radius 3 is 2.41 bits per heavy atom. The van der Waals surface area contributed by atoms with E-state index in [1.807, 2.05) is 31.2 Å². The van der Waals surface area contributed by atoms with Crippen LogP contribution >= 0.6 is 24.0 Å². The van der Waals surface area contributed by atoms with Gasteiger partial charge in [0.15, 0.2) is 5.96 Å². The average molecular weight is 519 g/mol. The number of hydrogen-bond acceptors (Lipinski definition) is 5. The Morgan fingerprint density at radius 1 is 1.10 bits per heavy atom. The van der Waals surface area contributed by atoms with Gasteiger partial charge < -0.3 is 29.9 Å². The standard InChI is InChI=1S/C21H37N5O2.HI/c1-17(16-26-11-9-25(4)10-12-26)14-23-21(22-3)24-15-18(2)28-20-8-6-7-19(13-20)27-5;/h6-8,13,17-18H,9-12,14-16H2,1-5H3,(H2,22,23,24);1H. The Hall–Kier alpha value is -1.26. The summed E-state index contributed by atoms with van der Waals surface area (Å²) < 4.78 is 11.2. The number of guanidine groups is 1. The molecule has 0 aliphatic carbocycles. The zero-order chi connectivity index (χ0) is 20.4. The highest BCUT2D eigenvalue weighted by Crippen LogP contribution is 2.19. The third-order valence-corrected chi connectivity index (χ3v) is 4.94. The highest BCUT2D eigenvalue weighted by molar-refractivity contribution is 14.0. The molecule has 1 saturated heterocycles. The number of benzene rings is 1. The largest absolute Gasteiger partial charge is 0.497 e. The Balaban J connectivity index is 0.00000420. The zero-order valence-corrected chi connectivity index (χ0v) is 20.8. The van der Waals surface area contributed by atoms with E-state index in [0.29, 0.717) is 12.5 Å². The first-order valence-electron chi connectivity index (χ1n) is 10.2. The highest BCUT2D eigenvalue weighted by atomic mass is 127. The molecular formula is C21H38IN5O2. The van der Waals surface area contributed by atoms with Crippen molar-refractivity contribution in [2.75, 3.05) is 67.0 Å². The van der Waals surface area contributed by atoms with Crippen LogP contribution in [0.5, 0.6) is 11.5 Å². The number of ether oxygens (including phenoxy) is 2. The molecule has 2 rings (SSSR count). The molecule has 1 aliphatic heterocycles. The maximum absolute atomic E-state index is 5.95. The van der Waals surface area contributed by atoms with Crippen LogP contribution in [0.15, 0.2) is 29.3 Å². The van der Waals surface area contributed by atoms with Crippen LogP contribution in [0.2, 0.25) is 0 Å². The van der Waals surface area contributed by atoms with Crippen LogP contribution in [0.1, 0.15) is 13.8 Å². The first kappa shape index (κ1) is 25.8.